The van der Waals surface area contributed by atoms with Crippen molar-refractivity contribution in [1.82, 2.24) is 29.3 Å². The van der Waals surface area contributed by atoms with Crippen molar-refractivity contribution >= 4 is 34.3 Å². The molecule has 11 nitrogen and oxygen atoms in total. The summed E-state index contributed by atoms with van der Waals surface area (Å²) in [6.45, 7) is 5.43. The Kier molecular flexibility index (Phi) is 7.89. The predicted octanol–water partition coefficient (Wildman–Crippen LogP) is 5.02. The molecule has 3 amide bonds. The maximum Gasteiger partial charge on any atom is 0.404 e. The van der Waals surface area contributed by atoms with Gasteiger partial charge in [0.25, 0.3) is 5.91 Å². The lowest BCUT2D eigenvalue weighted by atomic mass is 9.83. The van der Waals surface area contributed by atoms with Crippen LogP contribution < -0.4 is 5.32 Å². The number of nitrogens with one attached hydrogen (secondary N) is 1. The Morgan fingerprint density at radius 3 is 2.50 bits per heavy atom. The van der Waals surface area contributed by atoms with E-state index in [1.165, 1.54) is 29.3 Å². The van der Waals surface area contributed by atoms with Gasteiger partial charge >= 0.3 is 6.09 Å². The summed E-state index contributed by atoms with van der Waals surface area (Å²) in [6.07, 6.45) is 7.37. The number of para-hydroxylation sites is 1. The van der Waals surface area contributed by atoms with Crippen LogP contribution in [-0.4, -0.2) is 90.4 Å². The zero-order chi connectivity index (χ0) is 33.1. The number of pyridine rings is 1. The van der Waals surface area contributed by atoms with Crippen LogP contribution in [0, 0.1) is 18.8 Å². The van der Waals surface area contributed by atoms with Crippen molar-refractivity contribution in [3.63, 3.8) is 0 Å². The minimum atomic E-state index is -1.07. The van der Waals surface area contributed by atoms with Gasteiger partial charge in [0, 0.05) is 67.7 Å². The summed E-state index contributed by atoms with van der Waals surface area (Å²) in [5.74, 6) is 1.08. The van der Waals surface area contributed by atoms with Gasteiger partial charge in [-0.2, -0.15) is 5.10 Å². The molecule has 0 bridgehead atoms. The molecule has 0 spiro atoms. The molecule has 2 saturated carbocycles. The smallest absolute Gasteiger partial charge is 0.404 e. The molecule has 11 heteroatoms. The van der Waals surface area contributed by atoms with E-state index in [1.807, 2.05) is 21.5 Å². The lowest BCUT2D eigenvalue weighted by molar-refractivity contribution is -0.141. The average molecular weight is 653 g/mol. The summed E-state index contributed by atoms with van der Waals surface area (Å²) in [5.41, 5.74) is 7.02. The van der Waals surface area contributed by atoms with Crippen LogP contribution in [0.15, 0.2) is 42.6 Å². The number of carbonyl (C=O) groups excluding carboxylic acids is 2. The number of aryl methyl sites for hydroxylation is 1. The van der Waals surface area contributed by atoms with Crippen molar-refractivity contribution in [3.8, 4) is 11.4 Å². The van der Waals surface area contributed by atoms with E-state index in [9.17, 15) is 19.5 Å². The Balaban J connectivity index is 1.08. The van der Waals surface area contributed by atoms with E-state index in [-0.39, 0.29) is 35.8 Å². The molecule has 1 atom stereocenters. The lowest BCUT2D eigenvalue weighted by Crippen LogP contribution is -2.51. The normalized spacial score (nSPS) is 23.4. The van der Waals surface area contributed by atoms with E-state index in [1.54, 1.807) is 11.1 Å². The number of aliphatic hydroxyl groups excluding tert-OH is 1. The second-order valence-corrected chi connectivity index (χ2v) is 14.6. The number of fused-ring (bicyclic) bond motifs is 2. The molecule has 3 aromatic heterocycles. The number of aliphatic hydroxyl groups is 1. The Bertz CT molecular complexity index is 1890. The van der Waals surface area contributed by atoms with Crippen molar-refractivity contribution in [1.29, 1.82) is 0 Å². The number of hydrogen-bond donors (Lipinski definition) is 3. The van der Waals surface area contributed by atoms with Crippen molar-refractivity contribution < 1.29 is 24.6 Å². The highest BCUT2D eigenvalue weighted by molar-refractivity contribution is 5.95. The fraction of sp³-hybridized carbons (Fsp3) is 0.514. The molecule has 1 unspecified atom stereocenters. The van der Waals surface area contributed by atoms with Gasteiger partial charge in [0.1, 0.15) is 5.69 Å². The largest absolute Gasteiger partial charge is 0.465 e. The van der Waals surface area contributed by atoms with Gasteiger partial charge in [0.05, 0.1) is 28.4 Å². The zero-order valence-corrected chi connectivity index (χ0v) is 27.5. The number of nitrogens with zero attached hydrogens (tertiary/aromatic N) is 5. The van der Waals surface area contributed by atoms with Crippen LogP contribution >= 0.6 is 0 Å². The summed E-state index contributed by atoms with van der Waals surface area (Å²) < 4.78 is 4.27. The Morgan fingerprint density at radius 1 is 0.958 bits per heavy atom. The number of benzene rings is 1. The Labute approximate surface area is 279 Å². The van der Waals surface area contributed by atoms with E-state index in [2.05, 4.69) is 41.1 Å². The highest BCUT2D eigenvalue weighted by Gasteiger charge is 2.38. The first-order chi connectivity index (χ1) is 23.2. The second-order valence-electron chi connectivity index (χ2n) is 14.6. The predicted molar refractivity (Wildman–Crippen MR) is 181 cm³/mol. The highest BCUT2D eigenvalue weighted by Crippen LogP contribution is 2.41. The van der Waals surface area contributed by atoms with Crippen LogP contribution in [0.4, 0.5) is 4.79 Å². The molecule has 5 heterocycles. The summed E-state index contributed by atoms with van der Waals surface area (Å²) in [5, 5.41) is 27.8. The van der Waals surface area contributed by atoms with Crippen LogP contribution in [0.3, 0.4) is 0 Å². The van der Waals surface area contributed by atoms with E-state index in [0.29, 0.717) is 24.6 Å². The maximum absolute atomic E-state index is 13.5. The van der Waals surface area contributed by atoms with Gasteiger partial charge in [-0.1, -0.05) is 18.2 Å². The van der Waals surface area contributed by atoms with Gasteiger partial charge in [-0.3, -0.25) is 9.59 Å². The molecule has 8 rings (SSSR count). The van der Waals surface area contributed by atoms with Crippen LogP contribution in [0.25, 0.3) is 27.8 Å². The molecule has 4 aromatic rings. The number of carbonyl (C=O) groups is 3. The molecule has 0 radical (unpaired) electrons. The topological polar surface area (TPSA) is 132 Å². The SMILES string of the molecule is Cc1c(-c2cc3cccc(C4CN(C(=O)C5CCC(O)CC5)C4)c3n2CC2CC2)nn2cc(C(=O)N3CCCC(NC(=O)O)C3)ccc12. The number of piperidine rings is 1. The Morgan fingerprint density at radius 2 is 1.75 bits per heavy atom. The minimum Gasteiger partial charge on any atom is -0.465 e. The minimum absolute atomic E-state index is 0.0371. The van der Waals surface area contributed by atoms with Gasteiger partial charge < -0.3 is 29.9 Å². The number of carboxylic acid groups (broad SMARTS) is 1. The molecule has 4 aliphatic rings. The van der Waals surface area contributed by atoms with Crippen molar-refractivity contribution in [3.05, 3.63) is 59.3 Å². The van der Waals surface area contributed by atoms with Gasteiger partial charge in [0.15, 0.2) is 0 Å². The quantitative estimate of drug-likeness (QED) is 0.257. The monoisotopic (exact) mass is 652 g/mol. The first-order valence-electron chi connectivity index (χ1n) is 17.6. The number of hydrogen-bond acceptors (Lipinski definition) is 5. The van der Waals surface area contributed by atoms with Gasteiger partial charge in [-0.15, -0.1) is 0 Å². The number of aromatic nitrogens is 3. The van der Waals surface area contributed by atoms with Gasteiger partial charge in [-0.05, 0) is 88.0 Å². The number of rotatable bonds is 7. The van der Waals surface area contributed by atoms with Crippen molar-refractivity contribution in [2.24, 2.45) is 11.8 Å². The van der Waals surface area contributed by atoms with Gasteiger partial charge in [-0.25, -0.2) is 9.31 Å². The molecular weight excluding hydrogens is 608 g/mol. The number of amides is 3. The summed E-state index contributed by atoms with van der Waals surface area (Å²) in [4.78, 5) is 41.7. The molecular formula is C37H44N6O5. The van der Waals surface area contributed by atoms with Crippen molar-refractivity contribution in [2.75, 3.05) is 26.2 Å². The highest BCUT2D eigenvalue weighted by atomic mass is 16.4. The standard InChI is InChI=1S/C37H44N6O5/c1-22-31-14-11-26(36(46)40-15-3-5-28(21-40)38-37(47)48)20-43(31)39-33(22)32-16-25-4-2-6-30(34(25)42(32)17-23-7-8-23)27-18-41(19-27)35(45)24-9-12-29(44)13-10-24/h2,4,6,11,14,16,20,23-24,27-29,38,44H,3,5,7-10,12-13,15,17-19,21H2,1H3,(H,47,48). The summed E-state index contributed by atoms with van der Waals surface area (Å²) in [6, 6.07) is 12.3. The molecule has 2 saturated heterocycles. The van der Waals surface area contributed by atoms with E-state index >= 15 is 0 Å². The fourth-order valence-electron chi connectivity index (χ4n) is 8.24. The lowest BCUT2D eigenvalue weighted by Gasteiger charge is -2.42. The third-order valence-corrected chi connectivity index (χ3v) is 11.2. The molecule has 252 valence electrons. The maximum atomic E-state index is 13.5. The van der Waals surface area contributed by atoms with E-state index < -0.39 is 6.09 Å². The molecule has 48 heavy (non-hydrogen) atoms. The van der Waals surface area contributed by atoms with Crippen LogP contribution in [0.5, 0.6) is 0 Å². The van der Waals surface area contributed by atoms with Crippen LogP contribution in [0.1, 0.15) is 78.8 Å². The first-order valence-corrected chi connectivity index (χ1v) is 17.6. The molecule has 3 N–H and O–H groups in total. The third-order valence-electron chi connectivity index (χ3n) is 11.2. The second kappa shape index (κ2) is 12.3. The zero-order valence-electron chi connectivity index (χ0n) is 27.5. The van der Waals surface area contributed by atoms with Crippen LogP contribution in [-0.2, 0) is 11.3 Å². The molecule has 2 aliphatic heterocycles. The van der Waals surface area contributed by atoms with Gasteiger partial charge in [0.2, 0.25) is 5.91 Å². The van der Waals surface area contributed by atoms with Crippen molar-refractivity contribution in [2.45, 2.75) is 82.9 Å². The number of likely N-dealkylation sites (tertiary alicyclic amines) is 2. The average Bonchev–Trinajstić information content (AvgIpc) is 3.72. The van der Waals surface area contributed by atoms with E-state index in [0.717, 1.165) is 80.6 Å². The van der Waals surface area contributed by atoms with E-state index in [4.69, 9.17) is 10.2 Å². The van der Waals surface area contributed by atoms with Crippen LogP contribution in [0.2, 0.25) is 0 Å². The summed E-state index contributed by atoms with van der Waals surface area (Å²) >= 11 is 0. The Hall–Kier alpha value is -4.38. The third kappa shape index (κ3) is 5.71. The summed E-state index contributed by atoms with van der Waals surface area (Å²) in [7, 11) is 0. The molecule has 1 aromatic carbocycles. The first kappa shape index (κ1) is 30.9. The molecule has 2 aliphatic carbocycles. The molecule has 4 fully saturated rings. The fourth-order valence-corrected chi connectivity index (χ4v) is 8.24.